The molecular weight excluding hydrogens is 572 g/mol. The molecule has 1 saturated heterocycles. The molecule has 2 bridgehead atoms. The van der Waals surface area contributed by atoms with Crippen molar-refractivity contribution < 1.29 is 68.7 Å². The van der Waals surface area contributed by atoms with Crippen molar-refractivity contribution in [1.82, 2.24) is 0 Å². The summed E-state index contributed by atoms with van der Waals surface area (Å²) < 4.78 is 105. The monoisotopic (exact) mass is 601 g/mol. The SMILES string of the molecule is CCC1(OC(=O)C2C3CC4C(OC(=O)C42)C3OC(=O)CCC(=O)OCCC(F)(F)C(F)(F)S(=O)(=O)[O-])CCCC1. The van der Waals surface area contributed by atoms with Crippen LogP contribution in [0.4, 0.5) is 17.6 Å². The summed E-state index contributed by atoms with van der Waals surface area (Å²) in [5.74, 6) is -11.0. The van der Waals surface area contributed by atoms with Gasteiger partial charge in [0.1, 0.15) is 17.8 Å². The Bertz CT molecular complexity index is 1150. The van der Waals surface area contributed by atoms with E-state index in [1.165, 1.54) is 0 Å². The summed E-state index contributed by atoms with van der Waals surface area (Å²) in [7, 11) is -6.67. The first-order valence-corrected chi connectivity index (χ1v) is 14.4. The number of ether oxygens (including phenoxy) is 4. The molecule has 6 unspecified atom stereocenters. The van der Waals surface area contributed by atoms with Gasteiger partial charge in [0.05, 0.1) is 37.7 Å². The first-order valence-electron chi connectivity index (χ1n) is 13.0. The van der Waals surface area contributed by atoms with Gasteiger partial charge in [-0.1, -0.05) is 6.92 Å². The van der Waals surface area contributed by atoms with Crippen LogP contribution in [-0.2, 0) is 48.2 Å². The van der Waals surface area contributed by atoms with E-state index in [1.54, 1.807) is 0 Å². The van der Waals surface area contributed by atoms with Crippen molar-refractivity contribution in [1.29, 1.82) is 0 Å². The average molecular weight is 602 g/mol. The molecule has 0 spiro atoms. The molecule has 1 aliphatic heterocycles. The zero-order valence-corrected chi connectivity index (χ0v) is 22.3. The third kappa shape index (κ3) is 5.40. The van der Waals surface area contributed by atoms with E-state index >= 15 is 0 Å². The maximum Gasteiger partial charge on any atom is 0.396 e. The minimum absolute atomic E-state index is 0.336. The highest BCUT2D eigenvalue weighted by Crippen LogP contribution is 2.59. The van der Waals surface area contributed by atoms with Gasteiger partial charge in [-0.3, -0.25) is 19.2 Å². The van der Waals surface area contributed by atoms with E-state index in [-0.39, 0.29) is 5.92 Å². The smallest absolute Gasteiger partial charge is 0.396 e. The Kier molecular flexibility index (Phi) is 8.17. The van der Waals surface area contributed by atoms with Crippen LogP contribution in [0, 0.1) is 23.7 Å². The van der Waals surface area contributed by atoms with Crippen LogP contribution in [0.15, 0.2) is 0 Å². The van der Waals surface area contributed by atoms with Gasteiger partial charge in [0.2, 0.25) is 0 Å². The summed E-state index contributed by atoms with van der Waals surface area (Å²) in [4.78, 5) is 50.0. The van der Waals surface area contributed by atoms with Crippen LogP contribution in [0.5, 0.6) is 0 Å². The van der Waals surface area contributed by atoms with Gasteiger partial charge in [-0.15, -0.1) is 0 Å². The molecule has 6 atom stereocenters. The molecule has 4 fully saturated rings. The van der Waals surface area contributed by atoms with E-state index in [1.807, 2.05) is 6.92 Å². The summed E-state index contributed by atoms with van der Waals surface area (Å²) >= 11 is 0. The molecule has 3 aliphatic carbocycles. The van der Waals surface area contributed by atoms with Crippen molar-refractivity contribution in [2.75, 3.05) is 6.61 Å². The molecule has 40 heavy (non-hydrogen) atoms. The number of rotatable bonds is 12. The minimum Gasteiger partial charge on any atom is -0.743 e. The van der Waals surface area contributed by atoms with Gasteiger partial charge in [-0.25, -0.2) is 8.42 Å². The fourth-order valence-electron chi connectivity index (χ4n) is 6.41. The van der Waals surface area contributed by atoms with Crippen LogP contribution in [-0.4, -0.2) is 72.4 Å². The molecule has 4 aliphatic rings. The van der Waals surface area contributed by atoms with E-state index in [9.17, 15) is 49.7 Å². The highest BCUT2D eigenvalue weighted by atomic mass is 32.2. The van der Waals surface area contributed by atoms with E-state index in [4.69, 9.17) is 14.2 Å². The number of alkyl halides is 4. The summed E-state index contributed by atoms with van der Waals surface area (Å²) in [5.41, 5.74) is -0.587. The van der Waals surface area contributed by atoms with Crippen molar-refractivity contribution in [2.45, 2.75) is 93.7 Å². The summed E-state index contributed by atoms with van der Waals surface area (Å²) in [6.07, 6.45) is -0.642. The summed E-state index contributed by atoms with van der Waals surface area (Å²) in [5, 5.41) is -5.90. The lowest BCUT2D eigenvalue weighted by molar-refractivity contribution is -0.176. The Balaban J connectivity index is 1.29. The van der Waals surface area contributed by atoms with Gasteiger partial charge in [0, 0.05) is 11.8 Å². The average Bonchev–Trinajstić information content (AvgIpc) is 3.60. The van der Waals surface area contributed by atoms with Crippen molar-refractivity contribution in [3.05, 3.63) is 0 Å². The Labute approximate surface area is 227 Å². The predicted octanol–water partition coefficient (Wildman–Crippen LogP) is 2.46. The van der Waals surface area contributed by atoms with Crippen LogP contribution in [0.3, 0.4) is 0 Å². The highest BCUT2D eigenvalue weighted by Gasteiger charge is 2.70. The van der Waals surface area contributed by atoms with Gasteiger partial charge in [0.25, 0.3) is 0 Å². The second-order valence-corrected chi connectivity index (χ2v) is 12.2. The van der Waals surface area contributed by atoms with Gasteiger partial charge in [0.15, 0.2) is 10.1 Å². The number of halogens is 4. The lowest BCUT2D eigenvalue weighted by Crippen LogP contribution is -2.47. The summed E-state index contributed by atoms with van der Waals surface area (Å²) in [6.45, 7) is 0.577. The minimum atomic E-state index is -6.67. The maximum absolute atomic E-state index is 13.4. The fourth-order valence-corrected chi connectivity index (χ4v) is 6.87. The molecular formula is C24H29F4O11S-. The molecule has 226 valence electrons. The first-order chi connectivity index (χ1) is 18.5. The highest BCUT2D eigenvalue weighted by molar-refractivity contribution is 7.86. The number of hydrogen-bond acceptors (Lipinski definition) is 11. The molecule has 0 aromatic heterocycles. The molecule has 0 aromatic carbocycles. The van der Waals surface area contributed by atoms with Crippen molar-refractivity contribution >= 4 is 34.0 Å². The molecule has 0 aromatic rings. The number of fused-ring (bicyclic) bond motifs is 1. The largest absolute Gasteiger partial charge is 0.743 e. The Hall–Kier alpha value is -2.49. The Morgan fingerprint density at radius 1 is 1.07 bits per heavy atom. The molecule has 0 radical (unpaired) electrons. The van der Waals surface area contributed by atoms with Crippen molar-refractivity contribution in [3.63, 3.8) is 0 Å². The second-order valence-electron chi connectivity index (χ2n) is 10.8. The number of esters is 4. The molecule has 4 rings (SSSR count). The van der Waals surface area contributed by atoms with Gasteiger partial charge in [-0.05, 0) is 38.5 Å². The lowest BCUT2D eigenvalue weighted by atomic mass is 9.78. The van der Waals surface area contributed by atoms with E-state index < -0.39 is 107 Å². The van der Waals surface area contributed by atoms with Crippen LogP contribution < -0.4 is 0 Å². The van der Waals surface area contributed by atoms with Gasteiger partial charge < -0.3 is 23.5 Å². The number of carbonyl (C=O) groups excluding carboxylic acids is 4. The normalized spacial score (nSPS) is 30.7. The van der Waals surface area contributed by atoms with E-state index in [2.05, 4.69) is 4.74 Å². The second kappa shape index (κ2) is 10.7. The van der Waals surface area contributed by atoms with Crippen LogP contribution in [0.1, 0.15) is 64.7 Å². The molecule has 3 saturated carbocycles. The topological polar surface area (TPSA) is 162 Å². The number of carbonyl (C=O) groups is 4. The molecule has 1 heterocycles. The molecule has 11 nitrogen and oxygen atoms in total. The zero-order valence-electron chi connectivity index (χ0n) is 21.4. The third-order valence-electron chi connectivity index (χ3n) is 8.51. The van der Waals surface area contributed by atoms with Crippen LogP contribution >= 0.6 is 0 Å². The predicted molar refractivity (Wildman–Crippen MR) is 120 cm³/mol. The first kappa shape index (κ1) is 30.5. The molecule has 0 N–H and O–H groups in total. The van der Waals surface area contributed by atoms with Crippen LogP contribution in [0.25, 0.3) is 0 Å². The quantitative estimate of drug-likeness (QED) is 0.140. The van der Waals surface area contributed by atoms with Gasteiger partial charge in [-0.2, -0.15) is 17.6 Å². The molecule has 0 amide bonds. The Morgan fingerprint density at radius 2 is 1.70 bits per heavy atom. The number of hydrogen-bond donors (Lipinski definition) is 0. The van der Waals surface area contributed by atoms with Crippen molar-refractivity contribution in [2.24, 2.45) is 23.7 Å². The molecule has 16 heteroatoms. The van der Waals surface area contributed by atoms with Gasteiger partial charge >= 0.3 is 35.1 Å². The van der Waals surface area contributed by atoms with Crippen molar-refractivity contribution in [3.8, 4) is 0 Å². The van der Waals surface area contributed by atoms with Crippen LogP contribution in [0.2, 0.25) is 0 Å². The van der Waals surface area contributed by atoms with E-state index in [0.29, 0.717) is 12.8 Å². The van der Waals surface area contributed by atoms with E-state index in [0.717, 1.165) is 25.7 Å². The maximum atomic E-state index is 13.4. The third-order valence-corrected chi connectivity index (χ3v) is 9.44. The standard InChI is InChI=1S/C24H30F4O11S/c1-2-22(7-3-4-8-22)39-21(32)17-13-11-12-16(17)20(31)38-19(12)18(13)37-15(30)6-5-14(29)36-10-9-23(25,26)24(27,28)40(33,34)35/h12-13,16-19H,2-11H2,1H3,(H,33,34,35)/p-1. The summed E-state index contributed by atoms with van der Waals surface area (Å²) in [6, 6.07) is 0. The lowest BCUT2D eigenvalue weighted by Gasteiger charge is -2.34. The fraction of sp³-hybridized carbons (Fsp3) is 0.833. The Morgan fingerprint density at radius 3 is 2.30 bits per heavy atom. The zero-order chi connectivity index (χ0) is 29.7.